The average molecular weight is 272 g/mol. The van der Waals surface area contributed by atoms with Gasteiger partial charge in [0.1, 0.15) is 11.5 Å². The molecule has 0 atom stereocenters. The van der Waals surface area contributed by atoms with Crippen LogP contribution in [-0.2, 0) is 6.54 Å². The maximum absolute atomic E-state index is 11.1. The number of nitrogens with two attached hydrogens (primary N) is 1. The van der Waals surface area contributed by atoms with E-state index in [-0.39, 0.29) is 5.75 Å². The molecule has 2 aromatic carbocycles. The highest BCUT2D eigenvalue weighted by Crippen LogP contribution is 2.24. The van der Waals surface area contributed by atoms with Gasteiger partial charge >= 0.3 is 0 Å². The van der Waals surface area contributed by atoms with Crippen molar-refractivity contribution in [1.29, 1.82) is 0 Å². The molecule has 0 heterocycles. The Morgan fingerprint density at radius 1 is 1.30 bits per heavy atom. The first kappa shape index (κ1) is 13.7. The maximum atomic E-state index is 11.1. The van der Waals surface area contributed by atoms with Gasteiger partial charge in [-0.2, -0.15) is 0 Å². The number of hydrogen-bond donors (Lipinski definition) is 3. The summed E-state index contributed by atoms with van der Waals surface area (Å²) in [6, 6.07) is 12.0. The molecule has 0 spiro atoms. The molecule has 0 saturated carbocycles. The smallest absolute Gasteiger partial charge is 0.248 e. The first-order valence-electron chi connectivity index (χ1n) is 6.10. The SMILES string of the molecule is COc1ccc(CNc2cccc(C(N)=O)c2)c(O)c1. The molecule has 0 aliphatic heterocycles. The molecular formula is C15H16N2O3. The number of carbonyl (C=O) groups is 1. The summed E-state index contributed by atoms with van der Waals surface area (Å²) >= 11 is 0. The van der Waals surface area contributed by atoms with Crippen LogP contribution >= 0.6 is 0 Å². The van der Waals surface area contributed by atoms with Crippen LogP contribution in [0.5, 0.6) is 11.5 Å². The Labute approximate surface area is 117 Å². The molecule has 0 saturated heterocycles. The van der Waals surface area contributed by atoms with Crippen molar-refractivity contribution in [2.24, 2.45) is 5.73 Å². The summed E-state index contributed by atoms with van der Waals surface area (Å²) in [6.45, 7) is 0.429. The summed E-state index contributed by atoms with van der Waals surface area (Å²) < 4.78 is 5.02. The Kier molecular flexibility index (Phi) is 4.10. The van der Waals surface area contributed by atoms with Gasteiger partial charge in [0.2, 0.25) is 5.91 Å². The van der Waals surface area contributed by atoms with Crippen LogP contribution in [-0.4, -0.2) is 18.1 Å². The third-order valence-corrected chi connectivity index (χ3v) is 2.92. The summed E-state index contributed by atoms with van der Waals surface area (Å²) in [5.74, 6) is 0.283. The van der Waals surface area contributed by atoms with Gasteiger partial charge in [-0.05, 0) is 30.3 Å². The zero-order valence-corrected chi connectivity index (χ0v) is 11.1. The quantitative estimate of drug-likeness (QED) is 0.778. The summed E-state index contributed by atoms with van der Waals surface area (Å²) in [5, 5.41) is 13.0. The summed E-state index contributed by atoms with van der Waals surface area (Å²) in [4.78, 5) is 11.1. The zero-order chi connectivity index (χ0) is 14.5. The maximum Gasteiger partial charge on any atom is 0.248 e. The lowest BCUT2D eigenvalue weighted by molar-refractivity contribution is 0.100. The number of phenolic OH excluding ortho intramolecular Hbond substituents is 1. The highest BCUT2D eigenvalue weighted by molar-refractivity contribution is 5.93. The van der Waals surface area contributed by atoms with Crippen LogP contribution in [0.3, 0.4) is 0 Å². The number of hydrogen-bond acceptors (Lipinski definition) is 4. The Morgan fingerprint density at radius 2 is 2.10 bits per heavy atom. The molecule has 104 valence electrons. The first-order valence-corrected chi connectivity index (χ1v) is 6.10. The molecule has 0 aliphatic carbocycles. The predicted octanol–water partition coefficient (Wildman–Crippen LogP) is 2.11. The van der Waals surface area contributed by atoms with Gasteiger partial charge in [0.05, 0.1) is 7.11 Å². The minimum atomic E-state index is -0.471. The number of anilines is 1. The van der Waals surface area contributed by atoms with Crippen molar-refractivity contribution in [1.82, 2.24) is 0 Å². The zero-order valence-electron chi connectivity index (χ0n) is 11.1. The molecule has 0 bridgehead atoms. The number of carbonyl (C=O) groups excluding carboxylic acids is 1. The number of rotatable bonds is 5. The van der Waals surface area contributed by atoms with Gasteiger partial charge in [-0.25, -0.2) is 0 Å². The van der Waals surface area contributed by atoms with Crippen molar-refractivity contribution in [2.45, 2.75) is 6.54 Å². The Bertz CT molecular complexity index is 626. The van der Waals surface area contributed by atoms with Gasteiger partial charge in [-0.1, -0.05) is 6.07 Å². The molecular weight excluding hydrogens is 256 g/mol. The molecule has 0 aliphatic rings. The Hall–Kier alpha value is -2.69. The van der Waals surface area contributed by atoms with E-state index in [9.17, 15) is 9.90 Å². The number of primary amides is 1. The van der Waals surface area contributed by atoms with Crippen LogP contribution in [0.2, 0.25) is 0 Å². The molecule has 5 heteroatoms. The monoisotopic (exact) mass is 272 g/mol. The second-order valence-electron chi connectivity index (χ2n) is 4.29. The lowest BCUT2D eigenvalue weighted by Crippen LogP contribution is -2.11. The first-order chi connectivity index (χ1) is 9.60. The fourth-order valence-corrected chi connectivity index (χ4v) is 1.80. The summed E-state index contributed by atoms with van der Waals surface area (Å²) in [5.41, 5.74) is 7.16. The van der Waals surface area contributed by atoms with Gasteiger partial charge in [0.15, 0.2) is 0 Å². The number of ether oxygens (including phenoxy) is 1. The number of phenols is 1. The van der Waals surface area contributed by atoms with Crippen LogP contribution < -0.4 is 15.8 Å². The van der Waals surface area contributed by atoms with Gasteiger partial charge < -0.3 is 20.9 Å². The number of benzene rings is 2. The molecule has 0 radical (unpaired) electrons. The standard InChI is InChI=1S/C15H16N2O3/c1-20-13-6-5-11(14(18)8-13)9-17-12-4-2-3-10(7-12)15(16)19/h2-8,17-18H,9H2,1H3,(H2,16,19). The van der Waals surface area contributed by atoms with Crippen molar-refractivity contribution in [3.05, 3.63) is 53.6 Å². The second kappa shape index (κ2) is 5.97. The van der Waals surface area contributed by atoms with Gasteiger partial charge in [0.25, 0.3) is 0 Å². The molecule has 2 rings (SSSR count). The average Bonchev–Trinajstić information content (AvgIpc) is 2.46. The minimum absolute atomic E-state index is 0.155. The fraction of sp³-hybridized carbons (Fsp3) is 0.133. The highest BCUT2D eigenvalue weighted by atomic mass is 16.5. The summed E-state index contributed by atoms with van der Waals surface area (Å²) in [6.07, 6.45) is 0. The molecule has 0 aromatic heterocycles. The molecule has 4 N–H and O–H groups in total. The van der Waals surface area contributed by atoms with Gasteiger partial charge in [-0.15, -0.1) is 0 Å². The van der Waals surface area contributed by atoms with Crippen LogP contribution in [0, 0.1) is 0 Å². The molecule has 5 nitrogen and oxygen atoms in total. The van der Waals surface area contributed by atoms with E-state index in [4.69, 9.17) is 10.5 Å². The normalized spacial score (nSPS) is 10.1. The third-order valence-electron chi connectivity index (χ3n) is 2.92. The number of amides is 1. The molecule has 2 aromatic rings. The molecule has 20 heavy (non-hydrogen) atoms. The van der Waals surface area contributed by atoms with Crippen molar-refractivity contribution < 1.29 is 14.6 Å². The van der Waals surface area contributed by atoms with Gasteiger partial charge in [0, 0.05) is 29.4 Å². The Morgan fingerprint density at radius 3 is 2.75 bits per heavy atom. The van der Waals surface area contributed by atoms with Crippen molar-refractivity contribution in [2.75, 3.05) is 12.4 Å². The lowest BCUT2D eigenvalue weighted by Gasteiger charge is -2.10. The van der Waals surface area contributed by atoms with Crippen LogP contribution in [0.15, 0.2) is 42.5 Å². The highest BCUT2D eigenvalue weighted by Gasteiger charge is 2.04. The molecule has 0 unspecified atom stereocenters. The predicted molar refractivity (Wildman–Crippen MR) is 76.9 cm³/mol. The minimum Gasteiger partial charge on any atom is -0.507 e. The van der Waals surface area contributed by atoms with Crippen LogP contribution in [0.25, 0.3) is 0 Å². The van der Waals surface area contributed by atoms with Crippen molar-refractivity contribution in [3.63, 3.8) is 0 Å². The van der Waals surface area contributed by atoms with Crippen LogP contribution in [0.4, 0.5) is 5.69 Å². The number of nitrogens with one attached hydrogen (secondary N) is 1. The van der Waals surface area contributed by atoms with E-state index in [0.29, 0.717) is 17.9 Å². The third kappa shape index (κ3) is 3.20. The Balaban J connectivity index is 2.09. The molecule has 0 fully saturated rings. The van der Waals surface area contributed by atoms with E-state index in [1.54, 1.807) is 43.5 Å². The number of aromatic hydroxyl groups is 1. The lowest BCUT2D eigenvalue weighted by atomic mass is 10.1. The van der Waals surface area contributed by atoms with E-state index in [0.717, 1.165) is 11.3 Å². The van der Waals surface area contributed by atoms with Gasteiger partial charge in [-0.3, -0.25) is 4.79 Å². The van der Waals surface area contributed by atoms with E-state index >= 15 is 0 Å². The summed E-state index contributed by atoms with van der Waals surface area (Å²) in [7, 11) is 1.54. The van der Waals surface area contributed by atoms with E-state index in [1.807, 2.05) is 6.07 Å². The topological polar surface area (TPSA) is 84.6 Å². The van der Waals surface area contributed by atoms with E-state index in [1.165, 1.54) is 0 Å². The van der Waals surface area contributed by atoms with Crippen molar-refractivity contribution in [3.8, 4) is 11.5 Å². The fourth-order valence-electron chi connectivity index (χ4n) is 1.80. The molecule has 1 amide bonds. The van der Waals surface area contributed by atoms with Crippen molar-refractivity contribution >= 4 is 11.6 Å². The van der Waals surface area contributed by atoms with Crippen LogP contribution in [0.1, 0.15) is 15.9 Å². The van der Waals surface area contributed by atoms with E-state index in [2.05, 4.69) is 5.32 Å². The number of methoxy groups -OCH3 is 1. The van der Waals surface area contributed by atoms with E-state index < -0.39 is 5.91 Å². The largest absolute Gasteiger partial charge is 0.507 e. The second-order valence-corrected chi connectivity index (χ2v) is 4.29.